The summed E-state index contributed by atoms with van der Waals surface area (Å²) >= 11 is 0. The molecule has 0 aromatic heterocycles. The van der Waals surface area contributed by atoms with Crippen LogP contribution in [0, 0.1) is 0 Å². The second-order valence-electron chi connectivity index (χ2n) is 10.7. The molecule has 1 fully saturated rings. The van der Waals surface area contributed by atoms with Crippen LogP contribution in [0.15, 0.2) is 121 Å². The molecule has 1 aliphatic rings. The van der Waals surface area contributed by atoms with Crippen molar-refractivity contribution in [2.45, 2.75) is 62.9 Å². The second kappa shape index (κ2) is 15.8. The van der Waals surface area contributed by atoms with Gasteiger partial charge in [0, 0.05) is 0 Å². The first-order valence-corrected chi connectivity index (χ1v) is 14.7. The third-order valence-electron chi connectivity index (χ3n) is 7.87. The number of ether oxygens (including phenoxy) is 4. The summed E-state index contributed by atoms with van der Waals surface area (Å²) in [6.07, 6.45) is -1.43. The lowest BCUT2D eigenvalue weighted by Crippen LogP contribution is -2.72. The third kappa shape index (κ3) is 7.92. The van der Waals surface area contributed by atoms with Gasteiger partial charge in [0.25, 0.3) is 0 Å². The smallest absolute Gasteiger partial charge is 0.114 e. The number of likely N-dealkylation sites (N-methyl/N-ethyl adjacent to an activating group) is 2. The van der Waals surface area contributed by atoms with Gasteiger partial charge in [-0.2, -0.15) is 0 Å². The molecule has 2 N–H and O–H groups in total. The van der Waals surface area contributed by atoms with Gasteiger partial charge in [0.15, 0.2) is 0 Å². The average molecular weight is 567 g/mol. The van der Waals surface area contributed by atoms with Crippen LogP contribution >= 0.6 is 0 Å². The number of hydrogen-bond acceptors (Lipinski definition) is 6. The lowest BCUT2D eigenvalue weighted by molar-refractivity contribution is -0.229. The van der Waals surface area contributed by atoms with Crippen molar-refractivity contribution in [3.05, 3.63) is 144 Å². The van der Waals surface area contributed by atoms with E-state index in [9.17, 15) is 0 Å². The fourth-order valence-corrected chi connectivity index (χ4v) is 5.72. The maximum absolute atomic E-state index is 6.78. The Labute approximate surface area is 250 Å². The molecule has 0 amide bonds. The predicted molar refractivity (Wildman–Crippen MR) is 166 cm³/mol. The van der Waals surface area contributed by atoms with Gasteiger partial charge in [-0.1, -0.05) is 121 Å². The van der Waals surface area contributed by atoms with Crippen LogP contribution in [0.25, 0.3) is 0 Å². The molecule has 4 aromatic rings. The molecule has 1 saturated carbocycles. The summed E-state index contributed by atoms with van der Waals surface area (Å²) in [7, 11) is 3.95. The number of hydrogen-bond donors (Lipinski definition) is 2. The molecule has 0 spiro atoms. The number of benzene rings is 4. The average Bonchev–Trinajstić information content (AvgIpc) is 3.06. The van der Waals surface area contributed by atoms with Crippen molar-refractivity contribution >= 4 is 0 Å². The predicted octanol–water partition coefficient (Wildman–Crippen LogP) is 5.52. The number of nitrogens with one attached hydrogen (secondary N) is 2. The van der Waals surface area contributed by atoms with E-state index in [1.165, 1.54) is 0 Å². The van der Waals surface area contributed by atoms with Crippen molar-refractivity contribution in [1.82, 2.24) is 10.6 Å². The van der Waals surface area contributed by atoms with Crippen LogP contribution in [-0.2, 0) is 45.4 Å². The van der Waals surface area contributed by atoms with E-state index < -0.39 is 12.2 Å². The Morgan fingerprint density at radius 3 is 0.857 bits per heavy atom. The van der Waals surface area contributed by atoms with Gasteiger partial charge >= 0.3 is 0 Å². The summed E-state index contributed by atoms with van der Waals surface area (Å²) in [5, 5.41) is 7.08. The first-order valence-electron chi connectivity index (χ1n) is 14.7. The number of rotatable bonds is 14. The lowest BCUT2D eigenvalue weighted by atomic mass is 9.80. The molecular formula is C36H42N2O4. The molecule has 0 radical (unpaired) electrons. The van der Waals surface area contributed by atoms with Crippen molar-refractivity contribution in [2.24, 2.45) is 0 Å². The highest BCUT2D eigenvalue weighted by Gasteiger charge is 2.52. The van der Waals surface area contributed by atoms with E-state index in [0.29, 0.717) is 26.4 Å². The molecule has 4 aromatic carbocycles. The first kappa shape index (κ1) is 30.1. The highest BCUT2D eigenvalue weighted by Crippen LogP contribution is 2.32. The van der Waals surface area contributed by atoms with Crippen molar-refractivity contribution in [3.8, 4) is 0 Å². The highest BCUT2D eigenvalue weighted by atomic mass is 16.6. The van der Waals surface area contributed by atoms with Crippen LogP contribution in [0.1, 0.15) is 22.3 Å². The lowest BCUT2D eigenvalue weighted by Gasteiger charge is -2.50. The summed E-state index contributed by atoms with van der Waals surface area (Å²) < 4.78 is 27.0. The normalized spacial score (nSPS) is 24.0. The van der Waals surface area contributed by atoms with Crippen molar-refractivity contribution in [2.75, 3.05) is 14.1 Å². The van der Waals surface area contributed by atoms with Crippen molar-refractivity contribution < 1.29 is 18.9 Å². The SMILES string of the molecule is CN[C@@H]1[C@H](NC)[C@H](OCc2ccccc2)[C@@H](OCc2ccccc2)[C@H](OCc2ccccc2)[C@H]1OCc1ccccc1. The fraction of sp³-hybridized carbons (Fsp3) is 0.333. The third-order valence-corrected chi connectivity index (χ3v) is 7.87. The fourth-order valence-electron chi connectivity index (χ4n) is 5.72. The van der Waals surface area contributed by atoms with Crippen molar-refractivity contribution in [3.63, 3.8) is 0 Å². The Kier molecular flexibility index (Phi) is 11.3. The summed E-state index contributed by atoms with van der Waals surface area (Å²) in [4.78, 5) is 0. The van der Waals surface area contributed by atoms with Gasteiger partial charge in [0.05, 0.1) is 38.5 Å². The Balaban J connectivity index is 1.47. The Bertz CT molecular complexity index is 1190. The molecule has 1 aliphatic carbocycles. The maximum atomic E-state index is 6.78. The highest BCUT2D eigenvalue weighted by molar-refractivity contribution is 5.18. The van der Waals surface area contributed by atoms with Crippen LogP contribution < -0.4 is 10.6 Å². The van der Waals surface area contributed by atoms with E-state index in [4.69, 9.17) is 18.9 Å². The zero-order valence-corrected chi connectivity index (χ0v) is 24.5. The van der Waals surface area contributed by atoms with Gasteiger partial charge in [-0.25, -0.2) is 0 Å². The molecule has 0 unspecified atom stereocenters. The molecule has 220 valence electrons. The van der Waals surface area contributed by atoms with E-state index in [-0.39, 0.29) is 24.3 Å². The molecule has 6 heteroatoms. The zero-order valence-electron chi connectivity index (χ0n) is 24.5. The topological polar surface area (TPSA) is 61.0 Å². The van der Waals surface area contributed by atoms with Crippen LogP contribution in [0.4, 0.5) is 0 Å². The van der Waals surface area contributed by atoms with Crippen molar-refractivity contribution in [1.29, 1.82) is 0 Å². The second-order valence-corrected chi connectivity index (χ2v) is 10.7. The first-order chi connectivity index (χ1) is 20.8. The summed E-state index contributed by atoms with van der Waals surface area (Å²) in [6, 6.07) is 40.8. The van der Waals surface area contributed by atoms with Crippen LogP contribution in [0.3, 0.4) is 0 Å². The zero-order chi connectivity index (χ0) is 29.0. The molecule has 42 heavy (non-hydrogen) atoms. The van der Waals surface area contributed by atoms with Gasteiger partial charge in [0.2, 0.25) is 0 Å². The quantitative estimate of drug-likeness (QED) is 0.210. The summed E-state index contributed by atoms with van der Waals surface area (Å²) in [5.41, 5.74) is 4.41. The minimum Gasteiger partial charge on any atom is -0.369 e. The summed E-state index contributed by atoms with van der Waals surface area (Å²) in [6.45, 7) is 1.81. The van der Waals surface area contributed by atoms with Crippen LogP contribution in [0.2, 0.25) is 0 Å². The molecule has 0 saturated heterocycles. The molecule has 0 aliphatic heterocycles. The van der Waals surface area contributed by atoms with E-state index in [1.54, 1.807) is 0 Å². The molecule has 0 heterocycles. The van der Waals surface area contributed by atoms with Gasteiger partial charge in [-0.15, -0.1) is 0 Å². The monoisotopic (exact) mass is 566 g/mol. The molecule has 6 nitrogen and oxygen atoms in total. The summed E-state index contributed by atoms with van der Waals surface area (Å²) in [5.74, 6) is 0. The minimum atomic E-state index is -0.402. The standard InChI is InChI=1S/C36H42N2O4/c1-37-31-32(38-2)34(40-24-28-17-9-4-10-18-28)36(42-26-30-21-13-6-14-22-30)35(41-25-29-19-11-5-12-20-29)33(31)39-23-27-15-7-3-8-16-27/h3-22,31-38H,23-26H2,1-2H3/t31-,32+,33-,34-,35+,36+/m0/s1. The van der Waals surface area contributed by atoms with Gasteiger partial charge in [-0.3, -0.25) is 0 Å². The van der Waals surface area contributed by atoms with E-state index in [0.717, 1.165) is 22.3 Å². The molecule has 6 atom stereocenters. The van der Waals surface area contributed by atoms with Crippen LogP contribution in [-0.4, -0.2) is 50.6 Å². The molecular weight excluding hydrogens is 524 g/mol. The van der Waals surface area contributed by atoms with Crippen LogP contribution in [0.5, 0.6) is 0 Å². The Morgan fingerprint density at radius 1 is 0.381 bits per heavy atom. The largest absolute Gasteiger partial charge is 0.369 e. The van der Waals surface area contributed by atoms with Gasteiger partial charge in [-0.05, 0) is 36.3 Å². The minimum absolute atomic E-state index is 0.100. The Morgan fingerprint density at radius 2 is 0.619 bits per heavy atom. The van der Waals surface area contributed by atoms with E-state index >= 15 is 0 Å². The Hall–Kier alpha value is -3.36. The van der Waals surface area contributed by atoms with Gasteiger partial charge in [0.1, 0.15) is 24.4 Å². The van der Waals surface area contributed by atoms with Gasteiger partial charge < -0.3 is 29.6 Å². The van der Waals surface area contributed by atoms with E-state index in [2.05, 4.69) is 59.2 Å². The van der Waals surface area contributed by atoms with E-state index in [1.807, 2.05) is 86.9 Å². The molecule has 0 bridgehead atoms. The molecule has 5 rings (SSSR count). The maximum Gasteiger partial charge on any atom is 0.114 e.